The summed E-state index contributed by atoms with van der Waals surface area (Å²) in [6, 6.07) is 7.64. The number of nitrogens with one attached hydrogen (secondary N) is 2. The van der Waals surface area contributed by atoms with Crippen molar-refractivity contribution in [2.24, 2.45) is 4.99 Å². The minimum absolute atomic E-state index is 0. The van der Waals surface area contributed by atoms with E-state index in [1.165, 1.54) is 0 Å². The number of methoxy groups -OCH3 is 1. The van der Waals surface area contributed by atoms with Crippen LogP contribution >= 0.6 is 24.0 Å². The van der Waals surface area contributed by atoms with Crippen LogP contribution in [0, 0.1) is 0 Å². The molecule has 2 atom stereocenters. The second-order valence-electron chi connectivity index (χ2n) is 6.43. The molecule has 7 nitrogen and oxygen atoms in total. The van der Waals surface area contributed by atoms with E-state index >= 15 is 0 Å². The molecular weight excluding hydrogens is 459 g/mol. The largest absolute Gasteiger partial charge is 0.493 e. The summed E-state index contributed by atoms with van der Waals surface area (Å²) >= 11 is 0. The fourth-order valence-electron chi connectivity index (χ4n) is 2.73. The summed E-state index contributed by atoms with van der Waals surface area (Å²) in [5, 5.41) is 6.62. The fourth-order valence-corrected chi connectivity index (χ4v) is 2.73. The summed E-state index contributed by atoms with van der Waals surface area (Å²) in [7, 11) is 3.76. The van der Waals surface area contributed by atoms with Crippen LogP contribution in [0.5, 0.6) is 11.5 Å². The van der Waals surface area contributed by atoms with Crippen molar-refractivity contribution in [2.75, 3.05) is 53.5 Å². The average Bonchev–Trinajstić information content (AvgIpc) is 2.64. The van der Waals surface area contributed by atoms with Gasteiger partial charge in [-0.05, 0) is 33.0 Å². The number of nitrogens with zero attached hydrogens (tertiary/aromatic N) is 2. The molecule has 1 aliphatic rings. The monoisotopic (exact) mass is 492 g/mol. The summed E-state index contributed by atoms with van der Waals surface area (Å²) in [6.45, 7) is 8.83. The highest BCUT2D eigenvalue weighted by molar-refractivity contribution is 14.0. The topological polar surface area (TPSA) is 67.4 Å². The highest BCUT2D eigenvalue weighted by Crippen LogP contribution is 2.26. The Hall–Kier alpha value is -1.26. The SMILES string of the molecule is CCNC(=NCC(C)Oc1ccccc1OC)NCC1CN(C)CCO1.I. The van der Waals surface area contributed by atoms with E-state index in [-0.39, 0.29) is 36.2 Å². The molecule has 1 saturated heterocycles. The number of morpholine rings is 1. The number of rotatable bonds is 8. The maximum absolute atomic E-state index is 5.95. The average molecular weight is 492 g/mol. The quantitative estimate of drug-likeness (QED) is 0.329. The van der Waals surface area contributed by atoms with Gasteiger partial charge in [-0.3, -0.25) is 0 Å². The third kappa shape index (κ3) is 8.52. The molecule has 1 aromatic carbocycles. The van der Waals surface area contributed by atoms with Gasteiger partial charge in [0, 0.05) is 26.2 Å². The van der Waals surface area contributed by atoms with Gasteiger partial charge in [-0.2, -0.15) is 0 Å². The molecule has 8 heteroatoms. The zero-order chi connectivity index (χ0) is 18.8. The fraction of sp³-hybridized carbons (Fsp3) is 0.632. The number of benzene rings is 1. The number of guanidine groups is 1. The molecule has 0 amide bonds. The van der Waals surface area contributed by atoms with Crippen molar-refractivity contribution < 1.29 is 14.2 Å². The summed E-state index contributed by atoms with van der Waals surface area (Å²) in [5.41, 5.74) is 0. The molecule has 1 aromatic rings. The number of hydrogen-bond acceptors (Lipinski definition) is 5. The van der Waals surface area contributed by atoms with E-state index in [4.69, 9.17) is 14.2 Å². The van der Waals surface area contributed by atoms with Crippen LogP contribution in [0.3, 0.4) is 0 Å². The van der Waals surface area contributed by atoms with Gasteiger partial charge in [0.05, 0.1) is 26.4 Å². The van der Waals surface area contributed by atoms with Crippen molar-refractivity contribution in [1.29, 1.82) is 0 Å². The highest BCUT2D eigenvalue weighted by atomic mass is 127. The number of aliphatic imine (C=N–C) groups is 1. The predicted octanol–water partition coefficient (Wildman–Crippen LogP) is 1.97. The van der Waals surface area contributed by atoms with Gasteiger partial charge in [0.2, 0.25) is 0 Å². The van der Waals surface area contributed by atoms with Gasteiger partial charge < -0.3 is 29.7 Å². The summed E-state index contributed by atoms with van der Waals surface area (Å²) < 4.78 is 17.1. The zero-order valence-corrected chi connectivity index (χ0v) is 19.1. The van der Waals surface area contributed by atoms with E-state index in [1.807, 2.05) is 31.2 Å². The zero-order valence-electron chi connectivity index (χ0n) is 16.7. The van der Waals surface area contributed by atoms with Gasteiger partial charge in [0.25, 0.3) is 0 Å². The molecular formula is C19H33IN4O3. The second kappa shape index (κ2) is 13.0. The molecule has 1 heterocycles. The van der Waals surface area contributed by atoms with Crippen LogP contribution in [0.15, 0.2) is 29.3 Å². The van der Waals surface area contributed by atoms with Gasteiger partial charge in [0.15, 0.2) is 17.5 Å². The van der Waals surface area contributed by atoms with E-state index < -0.39 is 0 Å². The first-order chi connectivity index (χ1) is 12.6. The van der Waals surface area contributed by atoms with Crippen molar-refractivity contribution >= 4 is 29.9 Å². The first-order valence-corrected chi connectivity index (χ1v) is 9.24. The van der Waals surface area contributed by atoms with E-state index in [0.29, 0.717) is 6.54 Å². The lowest BCUT2D eigenvalue weighted by atomic mass is 10.3. The van der Waals surface area contributed by atoms with Gasteiger partial charge in [-0.1, -0.05) is 12.1 Å². The Morgan fingerprint density at radius 2 is 2.07 bits per heavy atom. The van der Waals surface area contributed by atoms with Crippen molar-refractivity contribution in [2.45, 2.75) is 26.1 Å². The predicted molar refractivity (Wildman–Crippen MR) is 120 cm³/mol. The molecule has 0 radical (unpaired) electrons. The Kier molecular flexibility index (Phi) is 11.5. The number of para-hydroxylation sites is 2. The van der Waals surface area contributed by atoms with Gasteiger partial charge >= 0.3 is 0 Å². The highest BCUT2D eigenvalue weighted by Gasteiger charge is 2.17. The minimum atomic E-state index is -0.0705. The van der Waals surface area contributed by atoms with Crippen molar-refractivity contribution in [3.8, 4) is 11.5 Å². The molecule has 0 aliphatic carbocycles. The molecule has 154 valence electrons. The Labute approximate surface area is 179 Å². The first kappa shape index (κ1) is 23.8. The van der Waals surface area contributed by atoms with E-state index in [1.54, 1.807) is 7.11 Å². The van der Waals surface area contributed by atoms with Crippen LogP contribution in [0.25, 0.3) is 0 Å². The third-order valence-corrected chi connectivity index (χ3v) is 4.09. The van der Waals surface area contributed by atoms with Gasteiger partial charge in [0.1, 0.15) is 6.10 Å². The maximum Gasteiger partial charge on any atom is 0.191 e. The number of likely N-dealkylation sites (N-methyl/N-ethyl adjacent to an activating group) is 1. The molecule has 0 spiro atoms. The molecule has 0 saturated carbocycles. The molecule has 2 rings (SSSR count). The smallest absolute Gasteiger partial charge is 0.191 e. The van der Waals surface area contributed by atoms with Gasteiger partial charge in [-0.25, -0.2) is 4.99 Å². The summed E-state index contributed by atoms with van der Waals surface area (Å²) in [4.78, 5) is 6.91. The van der Waals surface area contributed by atoms with Crippen LogP contribution in [0.4, 0.5) is 0 Å². The molecule has 1 aliphatic heterocycles. The summed E-state index contributed by atoms with van der Waals surface area (Å²) in [6.07, 6.45) is 0.110. The van der Waals surface area contributed by atoms with Crippen LogP contribution in [0.2, 0.25) is 0 Å². The van der Waals surface area contributed by atoms with Crippen molar-refractivity contribution in [3.63, 3.8) is 0 Å². The standard InChI is InChI=1S/C19H32N4O3.HI/c1-5-20-19(22-13-16-14-23(3)10-11-25-16)21-12-15(2)26-18-9-7-6-8-17(18)24-4;/h6-9,15-16H,5,10-14H2,1-4H3,(H2,20,21,22);1H. The number of hydrogen-bond donors (Lipinski definition) is 2. The second-order valence-corrected chi connectivity index (χ2v) is 6.43. The van der Waals surface area contributed by atoms with Crippen LogP contribution < -0.4 is 20.1 Å². The Morgan fingerprint density at radius 3 is 2.74 bits per heavy atom. The Balaban J connectivity index is 0.00000364. The molecule has 27 heavy (non-hydrogen) atoms. The van der Waals surface area contributed by atoms with Crippen molar-refractivity contribution in [1.82, 2.24) is 15.5 Å². The minimum Gasteiger partial charge on any atom is -0.493 e. The van der Waals surface area contributed by atoms with Crippen LogP contribution in [-0.4, -0.2) is 76.6 Å². The van der Waals surface area contributed by atoms with Crippen LogP contribution in [-0.2, 0) is 4.74 Å². The third-order valence-electron chi connectivity index (χ3n) is 4.09. The number of halogens is 1. The lowest BCUT2D eigenvalue weighted by Gasteiger charge is -2.30. The summed E-state index contributed by atoms with van der Waals surface area (Å²) in [5.74, 6) is 2.24. The van der Waals surface area contributed by atoms with E-state index in [9.17, 15) is 0 Å². The molecule has 1 fully saturated rings. The maximum atomic E-state index is 5.95. The van der Waals surface area contributed by atoms with Crippen molar-refractivity contribution in [3.05, 3.63) is 24.3 Å². The first-order valence-electron chi connectivity index (χ1n) is 9.24. The van der Waals surface area contributed by atoms with Gasteiger partial charge in [-0.15, -0.1) is 24.0 Å². The Morgan fingerprint density at radius 1 is 1.33 bits per heavy atom. The lowest BCUT2D eigenvalue weighted by Crippen LogP contribution is -2.48. The number of ether oxygens (including phenoxy) is 3. The van der Waals surface area contributed by atoms with E-state index in [0.717, 1.165) is 50.2 Å². The molecule has 0 bridgehead atoms. The Bertz CT molecular complexity index is 574. The normalized spacial score (nSPS) is 19.0. The molecule has 0 aromatic heterocycles. The van der Waals surface area contributed by atoms with Crippen LogP contribution in [0.1, 0.15) is 13.8 Å². The van der Waals surface area contributed by atoms with E-state index in [2.05, 4.69) is 34.5 Å². The lowest BCUT2D eigenvalue weighted by molar-refractivity contribution is -0.0161. The molecule has 2 N–H and O–H groups in total. The molecule has 2 unspecified atom stereocenters.